The number of ether oxygens (including phenoxy) is 1. The zero-order chi connectivity index (χ0) is 23.3. The molecule has 7 heteroatoms. The van der Waals surface area contributed by atoms with Crippen LogP contribution < -0.4 is 10.2 Å². The van der Waals surface area contributed by atoms with Crippen LogP contribution in [0.3, 0.4) is 0 Å². The second-order valence-electron chi connectivity index (χ2n) is 8.55. The van der Waals surface area contributed by atoms with Crippen LogP contribution in [0.2, 0.25) is 0 Å². The zero-order valence-corrected chi connectivity index (χ0v) is 20.1. The lowest BCUT2D eigenvalue weighted by molar-refractivity contribution is 0.0514. The summed E-state index contributed by atoms with van der Waals surface area (Å²) >= 11 is 1.35. The molecule has 0 bridgehead atoms. The van der Waals surface area contributed by atoms with Crippen LogP contribution in [0.5, 0.6) is 0 Å². The third-order valence-corrected chi connectivity index (χ3v) is 7.41. The highest BCUT2D eigenvalue weighted by atomic mass is 32.1. The van der Waals surface area contributed by atoms with E-state index in [1.807, 2.05) is 37.3 Å². The minimum absolute atomic E-state index is 0.312. The predicted molar refractivity (Wildman–Crippen MR) is 138 cm³/mol. The molecule has 2 aromatic heterocycles. The number of hydrogen-bond acceptors (Lipinski definition) is 7. The van der Waals surface area contributed by atoms with Gasteiger partial charge in [-0.25, -0.2) is 14.8 Å². The molecule has 34 heavy (non-hydrogen) atoms. The standard InChI is InChI=1S/C27H28N4O2S/c1-19-23-25(30-21-10-12-22(13-11-21)31-15-6-3-7-16-31)28-18-29-26(23)34-24(19)27(32)33-17-14-20-8-4-2-5-9-20/h2,4-5,8-13,18H,3,6-7,14-17H2,1H3,(H,28,29,30). The normalized spacial score (nSPS) is 13.7. The lowest BCUT2D eigenvalue weighted by atomic mass is 10.1. The molecular formula is C27H28N4O2S. The summed E-state index contributed by atoms with van der Waals surface area (Å²) in [5, 5.41) is 4.28. The first-order valence-corrected chi connectivity index (χ1v) is 12.6. The molecule has 0 aliphatic carbocycles. The van der Waals surface area contributed by atoms with Crippen LogP contribution in [0.4, 0.5) is 17.2 Å². The van der Waals surface area contributed by atoms with Crippen molar-refractivity contribution in [3.8, 4) is 0 Å². The fourth-order valence-corrected chi connectivity index (χ4v) is 5.42. The van der Waals surface area contributed by atoms with Gasteiger partial charge in [0.1, 0.15) is 21.9 Å². The van der Waals surface area contributed by atoms with Crippen molar-refractivity contribution in [2.24, 2.45) is 0 Å². The highest BCUT2D eigenvalue weighted by Crippen LogP contribution is 2.35. The van der Waals surface area contributed by atoms with Gasteiger partial charge in [0.25, 0.3) is 0 Å². The molecule has 4 aromatic rings. The maximum absolute atomic E-state index is 12.8. The smallest absolute Gasteiger partial charge is 0.348 e. The van der Waals surface area contributed by atoms with E-state index in [2.05, 4.69) is 44.5 Å². The van der Waals surface area contributed by atoms with Crippen LogP contribution in [-0.2, 0) is 11.2 Å². The Labute approximate surface area is 203 Å². The van der Waals surface area contributed by atoms with E-state index in [0.717, 1.165) is 40.1 Å². The second-order valence-corrected chi connectivity index (χ2v) is 9.55. The Morgan fingerprint density at radius 1 is 1.03 bits per heavy atom. The fourth-order valence-electron chi connectivity index (χ4n) is 4.38. The molecule has 0 spiro atoms. The van der Waals surface area contributed by atoms with E-state index < -0.39 is 0 Å². The largest absolute Gasteiger partial charge is 0.461 e. The molecule has 1 aliphatic rings. The first kappa shape index (κ1) is 22.3. The van der Waals surface area contributed by atoms with Gasteiger partial charge in [0, 0.05) is 30.9 Å². The summed E-state index contributed by atoms with van der Waals surface area (Å²) in [6.07, 6.45) is 6.06. The Kier molecular flexibility index (Phi) is 6.72. The number of nitrogens with one attached hydrogen (secondary N) is 1. The number of aryl methyl sites for hydroxylation is 1. The average molecular weight is 473 g/mol. The number of hydrogen-bond donors (Lipinski definition) is 1. The number of anilines is 3. The van der Waals surface area contributed by atoms with E-state index >= 15 is 0 Å². The van der Waals surface area contributed by atoms with Crippen molar-refractivity contribution < 1.29 is 9.53 Å². The highest BCUT2D eigenvalue weighted by molar-refractivity contribution is 7.20. The first-order chi connectivity index (χ1) is 16.7. The second kappa shape index (κ2) is 10.2. The number of rotatable bonds is 7. The maximum Gasteiger partial charge on any atom is 0.348 e. The van der Waals surface area contributed by atoms with Crippen LogP contribution in [0.15, 0.2) is 60.9 Å². The van der Waals surface area contributed by atoms with Gasteiger partial charge in [-0.2, -0.15) is 0 Å². The van der Waals surface area contributed by atoms with E-state index in [1.165, 1.54) is 42.6 Å². The Balaban J connectivity index is 1.30. The zero-order valence-electron chi connectivity index (χ0n) is 19.3. The third-order valence-electron chi connectivity index (χ3n) is 6.23. The van der Waals surface area contributed by atoms with Gasteiger partial charge >= 0.3 is 5.97 Å². The molecule has 2 aromatic carbocycles. The summed E-state index contributed by atoms with van der Waals surface area (Å²) in [6.45, 7) is 4.52. The molecule has 1 aliphatic heterocycles. The van der Waals surface area contributed by atoms with E-state index in [0.29, 0.717) is 23.7 Å². The summed E-state index contributed by atoms with van der Waals surface area (Å²) in [7, 11) is 0. The van der Waals surface area contributed by atoms with Gasteiger partial charge in [0.2, 0.25) is 0 Å². The maximum atomic E-state index is 12.8. The van der Waals surface area contributed by atoms with Gasteiger partial charge in [-0.05, 0) is 61.6 Å². The van der Waals surface area contributed by atoms with Crippen LogP contribution in [0, 0.1) is 6.92 Å². The minimum atomic E-state index is -0.312. The molecule has 0 atom stereocenters. The molecule has 1 saturated heterocycles. The molecule has 1 fully saturated rings. The Morgan fingerprint density at radius 2 is 1.79 bits per heavy atom. The number of carbonyl (C=O) groups is 1. The topological polar surface area (TPSA) is 67.3 Å². The van der Waals surface area contributed by atoms with E-state index in [-0.39, 0.29) is 5.97 Å². The van der Waals surface area contributed by atoms with Gasteiger partial charge in [0.15, 0.2) is 0 Å². The van der Waals surface area contributed by atoms with Crippen LogP contribution in [0.25, 0.3) is 10.2 Å². The number of benzene rings is 2. The monoisotopic (exact) mass is 472 g/mol. The van der Waals surface area contributed by atoms with Gasteiger partial charge in [-0.1, -0.05) is 30.3 Å². The number of thiophene rings is 1. The molecule has 1 N–H and O–H groups in total. The molecule has 6 nitrogen and oxygen atoms in total. The van der Waals surface area contributed by atoms with Crippen molar-refractivity contribution in [3.05, 3.63) is 76.9 Å². The van der Waals surface area contributed by atoms with Crippen molar-refractivity contribution >= 4 is 44.7 Å². The molecular weight excluding hydrogens is 444 g/mol. The van der Waals surface area contributed by atoms with Gasteiger partial charge in [-0.15, -0.1) is 11.3 Å². The molecule has 5 rings (SSSR count). The van der Waals surface area contributed by atoms with E-state index in [9.17, 15) is 4.79 Å². The lowest BCUT2D eigenvalue weighted by Crippen LogP contribution is -2.29. The van der Waals surface area contributed by atoms with Crippen LogP contribution >= 0.6 is 11.3 Å². The number of fused-ring (bicyclic) bond motifs is 1. The quantitative estimate of drug-likeness (QED) is 0.326. The van der Waals surface area contributed by atoms with Gasteiger partial charge < -0.3 is 15.0 Å². The lowest BCUT2D eigenvalue weighted by Gasteiger charge is -2.28. The third kappa shape index (κ3) is 4.89. The molecule has 0 amide bonds. The van der Waals surface area contributed by atoms with Crippen molar-refractivity contribution in [2.75, 3.05) is 29.9 Å². The van der Waals surface area contributed by atoms with Gasteiger partial charge in [0.05, 0.1) is 12.0 Å². The highest BCUT2D eigenvalue weighted by Gasteiger charge is 2.20. The van der Waals surface area contributed by atoms with E-state index in [4.69, 9.17) is 4.74 Å². The first-order valence-electron chi connectivity index (χ1n) is 11.8. The molecule has 174 valence electrons. The minimum Gasteiger partial charge on any atom is -0.461 e. The summed E-state index contributed by atoms with van der Waals surface area (Å²) in [5.41, 5.74) is 4.20. The average Bonchev–Trinajstić information content (AvgIpc) is 3.23. The molecule has 0 radical (unpaired) electrons. The van der Waals surface area contributed by atoms with Crippen molar-refractivity contribution in [1.29, 1.82) is 0 Å². The number of nitrogens with zero attached hydrogens (tertiary/aromatic N) is 3. The summed E-state index contributed by atoms with van der Waals surface area (Å²) in [6, 6.07) is 18.5. The predicted octanol–water partition coefficient (Wildman–Crippen LogP) is 6.13. The number of aromatic nitrogens is 2. The van der Waals surface area contributed by atoms with Crippen molar-refractivity contribution in [3.63, 3.8) is 0 Å². The summed E-state index contributed by atoms with van der Waals surface area (Å²) < 4.78 is 5.57. The number of carbonyl (C=O) groups excluding carboxylic acids is 1. The molecule has 0 saturated carbocycles. The number of esters is 1. The molecule has 3 heterocycles. The SMILES string of the molecule is Cc1c(C(=O)OCCc2ccccc2)sc2ncnc(Nc3ccc(N4CCCCC4)cc3)c12. The number of piperidine rings is 1. The van der Waals surface area contributed by atoms with Crippen LogP contribution in [-0.4, -0.2) is 35.6 Å². The van der Waals surface area contributed by atoms with Crippen molar-refractivity contribution in [2.45, 2.75) is 32.6 Å². The van der Waals surface area contributed by atoms with Crippen LogP contribution in [0.1, 0.15) is 40.1 Å². The summed E-state index contributed by atoms with van der Waals surface area (Å²) in [5.74, 6) is 0.390. The Bertz CT molecular complexity index is 1270. The molecule has 0 unspecified atom stereocenters. The Hall–Kier alpha value is -3.45. The fraction of sp³-hybridized carbons (Fsp3) is 0.296. The van der Waals surface area contributed by atoms with Gasteiger partial charge in [-0.3, -0.25) is 0 Å². The Morgan fingerprint density at radius 3 is 2.56 bits per heavy atom. The van der Waals surface area contributed by atoms with E-state index in [1.54, 1.807) is 0 Å². The van der Waals surface area contributed by atoms with Crippen molar-refractivity contribution in [1.82, 2.24) is 9.97 Å². The summed E-state index contributed by atoms with van der Waals surface area (Å²) in [4.78, 5) is 25.5.